The molecule has 0 bridgehead atoms. The normalized spacial score (nSPS) is 18.2. The molecule has 0 saturated carbocycles. The molecule has 1 saturated heterocycles. The van der Waals surface area contributed by atoms with Crippen molar-refractivity contribution in [1.29, 1.82) is 5.26 Å². The number of carbonyl (C=O) groups excluding carboxylic acids is 1. The molecule has 0 spiro atoms. The summed E-state index contributed by atoms with van der Waals surface area (Å²) in [6.45, 7) is 3.32. The van der Waals surface area contributed by atoms with E-state index in [1.807, 2.05) is 17.9 Å². The number of aryl methyl sites for hydroxylation is 1. The lowest BCUT2D eigenvalue weighted by Crippen LogP contribution is -2.32. The highest BCUT2D eigenvalue weighted by molar-refractivity contribution is 5.79. The number of hydrogen-bond acceptors (Lipinski definition) is 4. The van der Waals surface area contributed by atoms with Gasteiger partial charge in [0.1, 0.15) is 11.9 Å². The second kappa shape index (κ2) is 5.27. The first-order chi connectivity index (χ1) is 9.02. The van der Waals surface area contributed by atoms with Gasteiger partial charge in [-0.1, -0.05) is 0 Å². The number of anilines is 1. The van der Waals surface area contributed by atoms with Gasteiger partial charge in [-0.05, 0) is 25.5 Å². The van der Waals surface area contributed by atoms with E-state index in [1.165, 1.54) is 0 Å². The van der Waals surface area contributed by atoms with E-state index in [9.17, 15) is 4.79 Å². The van der Waals surface area contributed by atoms with Crippen LogP contribution in [0.15, 0.2) is 12.1 Å². The first-order valence-electron chi connectivity index (χ1n) is 6.36. The molecule has 1 fully saturated rings. The molecule has 0 N–H and O–H groups in total. The number of aromatic nitrogens is 1. The van der Waals surface area contributed by atoms with Crippen LogP contribution in [0.5, 0.6) is 0 Å². The maximum absolute atomic E-state index is 12.0. The van der Waals surface area contributed by atoms with Crippen LogP contribution in [0.1, 0.15) is 17.7 Å². The molecule has 2 rings (SSSR count). The van der Waals surface area contributed by atoms with E-state index in [2.05, 4.69) is 11.1 Å². The molecule has 0 radical (unpaired) electrons. The molecule has 1 atom stereocenters. The lowest BCUT2D eigenvalue weighted by atomic mass is 10.1. The van der Waals surface area contributed by atoms with Crippen molar-refractivity contribution in [3.63, 3.8) is 0 Å². The van der Waals surface area contributed by atoms with E-state index in [-0.39, 0.29) is 11.8 Å². The summed E-state index contributed by atoms with van der Waals surface area (Å²) >= 11 is 0. The van der Waals surface area contributed by atoms with Crippen molar-refractivity contribution >= 4 is 11.7 Å². The monoisotopic (exact) mass is 258 g/mol. The third kappa shape index (κ3) is 2.68. The molecule has 1 aromatic heterocycles. The van der Waals surface area contributed by atoms with Crippen molar-refractivity contribution < 1.29 is 4.79 Å². The Morgan fingerprint density at radius 1 is 1.53 bits per heavy atom. The van der Waals surface area contributed by atoms with Crippen LogP contribution in [-0.2, 0) is 4.79 Å². The predicted octanol–water partition coefficient (Wildman–Crippen LogP) is 1.18. The molecule has 1 aliphatic rings. The summed E-state index contributed by atoms with van der Waals surface area (Å²) in [6.07, 6.45) is 0.817. The van der Waals surface area contributed by atoms with Crippen LogP contribution in [0.3, 0.4) is 0 Å². The second-order valence-electron chi connectivity index (χ2n) is 5.10. The third-order valence-corrected chi connectivity index (χ3v) is 3.41. The van der Waals surface area contributed by atoms with Crippen LogP contribution in [0, 0.1) is 24.2 Å². The molecule has 19 heavy (non-hydrogen) atoms. The smallest absolute Gasteiger partial charge is 0.227 e. The SMILES string of the molecule is Cc1ccc(C#N)c(N2CCC(C(=O)N(C)C)C2)n1. The number of hydrogen-bond donors (Lipinski definition) is 0. The van der Waals surface area contributed by atoms with Gasteiger partial charge in [-0.3, -0.25) is 4.79 Å². The quantitative estimate of drug-likeness (QED) is 0.799. The zero-order valence-electron chi connectivity index (χ0n) is 11.6. The summed E-state index contributed by atoms with van der Waals surface area (Å²) in [6, 6.07) is 5.79. The maximum Gasteiger partial charge on any atom is 0.227 e. The molecule has 1 aromatic rings. The van der Waals surface area contributed by atoms with Crippen molar-refractivity contribution in [2.45, 2.75) is 13.3 Å². The number of rotatable bonds is 2. The highest BCUT2D eigenvalue weighted by Gasteiger charge is 2.31. The van der Waals surface area contributed by atoms with Gasteiger partial charge in [-0.15, -0.1) is 0 Å². The average molecular weight is 258 g/mol. The van der Waals surface area contributed by atoms with Gasteiger partial charge in [-0.2, -0.15) is 5.26 Å². The lowest BCUT2D eigenvalue weighted by Gasteiger charge is -2.20. The van der Waals surface area contributed by atoms with E-state index >= 15 is 0 Å². The molecule has 1 aliphatic heterocycles. The molecule has 0 aliphatic carbocycles. The fraction of sp³-hybridized carbons (Fsp3) is 0.500. The van der Waals surface area contributed by atoms with Gasteiger partial charge in [0.25, 0.3) is 0 Å². The molecule has 2 heterocycles. The van der Waals surface area contributed by atoms with Crippen LogP contribution in [-0.4, -0.2) is 43.0 Å². The Morgan fingerprint density at radius 2 is 2.26 bits per heavy atom. The minimum absolute atomic E-state index is 0.00357. The number of amides is 1. The van der Waals surface area contributed by atoms with Crippen LogP contribution < -0.4 is 4.90 Å². The number of nitrogens with zero attached hydrogens (tertiary/aromatic N) is 4. The molecule has 1 amide bonds. The standard InChI is InChI=1S/C14H18N4O/c1-10-4-5-11(8-15)13(16-10)18-7-6-12(9-18)14(19)17(2)3/h4-5,12H,6-7,9H2,1-3H3. The zero-order valence-corrected chi connectivity index (χ0v) is 11.6. The molecule has 100 valence electrons. The Morgan fingerprint density at radius 3 is 2.89 bits per heavy atom. The molecular formula is C14H18N4O. The van der Waals surface area contributed by atoms with Gasteiger partial charge in [-0.25, -0.2) is 4.98 Å². The van der Waals surface area contributed by atoms with E-state index in [0.29, 0.717) is 17.9 Å². The van der Waals surface area contributed by atoms with E-state index in [4.69, 9.17) is 5.26 Å². The second-order valence-corrected chi connectivity index (χ2v) is 5.10. The van der Waals surface area contributed by atoms with Gasteiger partial charge >= 0.3 is 0 Å². The predicted molar refractivity (Wildman–Crippen MR) is 72.7 cm³/mol. The van der Waals surface area contributed by atoms with Gasteiger partial charge in [0.05, 0.1) is 11.5 Å². The van der Waals surface area contributed by atoms with Crippen molar-refractivity contribution in [3.8, 4) is 6.07 Å². The van der Waals surface area contributed by atoms with Gasteiger partial charge < -0.3 is 9.80 Å². The van der Waals surface area contributed by atoms with Gasteiger partial charge in [0, 0.05) is 32.9 Å². The average Bonchev–Trinajstić information content (AvgIpc) is 2.87. The topological polar surface area (TPSA) is 60.2 Å². The molecule has 0 aromatic carbocycles. The first kappa shape index (κ1) is 13.3. The fourth-order valence-electron chi connectivity index (χ4n) is 2.39. The van der Waals surface area contributed by atoms with Crippen molar-refractivity contribution in [2.24, 2.45) is 5.92 Å². The summed E-state index contributed by atoms with van der Waals surface area (Å²) < 4.78 is 0. The number of carbonyl (C=O) groups is 1. The van der Waals surface area contributed by atoms with Crippen LogP contribution in [0.4, 0.5) is 5.82 Å². The van der Waals surface area contributed by atoms with E-state index < -0.39 is 0 Å². The molecule has 5 nitrogen and oxygen atoms in total. The van der Waals surface area contributed by atoms with E-state index in [1.54, 1.807) is 25.1 Å². The lowest BCUT2D eigenvalue weighted by molar-refractivity contribution is -0.132. The largest absolute Gasteiger partial charge is 0.355 e. The Bertz CT molecular complexity index is 533. The summed E-state index contributed by atoms with van der Waals surface area (Å²) in [7, 11) is 3.55. The van der Waals surface area contributed by atoms with Crippen molar-refractivity contribution in [2.75, 3.05) is 32.1 Å². The van der Waals surface area contributed by atoms with Gasteiger partial charge in [0.2, 0.25) is 5.91 Å². The molecule has 1 unspecified atom stereocenters. The molecule has 5 heteroatoms. The van der Waals surface area contributed by atoms with Crippen molar-refractivity contribution in [3.05, 3.63) is 23.4 Å². The van der Waals surface area contributed by atoms with Crippen LogP contribution in [0.25, 0.3) is 0 Å². The third-order valence-electron chi connectivity index (χ3n) is 3.41. The maximum atomic E-state index is 12.0. The zero-order chi connectivity index (χ0) is 14.0. The molecular weight excluding hydrogens is 240 g/mol. The Balaban J connectivity index is 2.20. The highest BCUT2D eigenvalue weighted by atomic mass is 16.2. The van der Waals surface area contributed by atoms with E-state index in [0.717, 1.165) is 18.7 Å². The van der Waals surface area contributed by atoms with Crippen LogP contribution in [0.2, 0.25) is 0 Å². The fourth-order valence-corrected chi connectivity index (χ4v) is 2.39. The number of pyridine rings is 1. The highest BCUT2D eigenvalue weighted by Crippen LogP contribution is 2.26. The summed E-state index contributed by atoms with van der Waals surface area (Å²) in [5.74, 6) is 0.856. The van der Waals surface area contributed by atoms with Gasteiger partial charge in [0.15, 0.2) is 0 Å². The Hall–Kier alpha value is -2.09. The minimum atomic E-state index is 0.00357. The van der Waals surface area contributed by atoms with Crippen molar-refractivity contribution in [1.82, 2.24) is 9.88 Å². The first-order valence-corrected chi connectivity index (χ1v) is 6.36. The Labute approximate surface area is 113 Å². The minimum Gasteiger partial charge on any atom is -0.355 e. The summed E-state index contributed by atoms with van der Waals surface area (Å²) in [5.41, 5.74) is 1.46. The summed E-state index contributed by atoms with van der Waals surface area (Å²) in [5, 5.41) is 9.14. The summed E-state index contributed by atoms with van der Waals surface area (Å²) in [4.78, 5) is 20.1. The van der Waals surface area contributed by atoms with Crippen LogP contribution >= 0.6 is 0 Å². The number of nitriles is 1. The Kier molecular flexibility index (Phi) is 3.70.